The van der Waals surface area contributed by atoms with Crippen LogP contribution in [0.5, 0.6) is 0 Å². The molecule has 0 radical (unpaired) electrons. The number of alkyl halides is 3. The standard InChI is InChI=1S/C7H12F3NO3/c1-14-6(13)4(11)2-3-5(12)7(8,9)10/h4-5,12H,2-3,11H2,1H3. The number of rotatable bonds is 4. The first-order chi connectivity index (χ1) is 6.29. The number of carbonyl (C=O) groups excluding carboxylic acids is 1. The second-order valence-corrected chi connectivity index (χ2v) is 2.76. The van der Waals surface area contributed by atoms with Gasteiger partial charge in [-0.2, -0.15) is 13.2 Å². The topological polar surface area (TPSA) is 72.5 Å². The van der Waals surface area contributed by atoms with Gasteiger partial charge in [0.1, 0.15) is 12.1 Å². The molecule has 0 spiro atoms. The lowest BCUT2D eigenvalue weighted by Crippen LogP contribution is -2.35. The van der Waals surface area contributed by atoms with Gasteiger partial charge in [-0.3, -0.25) is 4.79 Å². The van der Waals surface area contributed by atoms with Crippen LogP contribution in [0.4, 0.5) is 13.2 Å². The van der Waals surface area contributed by atoms with Crippen molar-refractivity contribution >= 4 is 5.97 Å². The smallest absolute Gasteiger partial charge is 0.414 e. The second-order valence-electron chi connectivity index (χ2n) is 2.76. The number of halogens is 3. The van der Waals surface area contributed by atoms with Crippen LogP contribution in [0.3, 0.4) is 0 Å². The molecule has 0 bridgehead atoms. The van der Waals surface area contributed by atoms with Gasteiger partial charge in [-0.05, 0) is 12.8 Å². The fraction of sp³-hybridized carbons (Fsp3) is 0.857. The first kappa shape index (κ1) is 13.2. The van der Waals surface area contributed by atoms with E-state index >= 15 is 0 Å². The molecule has 0 aromatic heterocycles. The van der Waals surface area contributed by atoms with Gasteiger partial charge in [0, 0.05) is 0 Å². The van der Waals surface area contributed by atoms with Crippen molar-refractivity contribution in [2.24, 2.45) is 5.73 Å². The van der Waals surface area contributed by atoms with Crippen LogP contribution in [0.25, 0.3) is 0 Å². The summed E-state index contributed by atoms with van der Waals surface area (Å²) in [5.74, 6) is -0.792. The highest BCUT2D eigenvalue weighted by Crippen LogP contribution is 2.23. The molecule has 0 fully saturated rings. The predicted molar refractivity (Wildman–Crippen MR) is 41.3 cm³/mol. The number of aliphatic hydroxyl groups is 1. The molecule has 0 aliphatic carbocycles. The number of hydrogen-bond acceptors (Lipinski definition) is 4. The molecule has 0 aliphatic heterocycles. The van der Waals surface area contributed by atoms with Gasteiger partial charge in [-0.15, -0.1) is 0 Å². The maximum atomic E-state index is 11.8. The molecule has 4 nitrogen and oxygen atoms in total. The van der Waals surface area contributed by atoms with Crippen molar-refractivity contribution in [1.82, 2.24) is 0 Å². The lowest BCUT2D eigenvalue weighted by atomic mass is 10.1. The number of aliphatic hydroxyl groups excluding tert-OH is 1. The summed E-state index contributed by atoms with van der Waals surface area (Å²) < 4.78 is 39.5. The van der Waals surface area contributed by atoms with E-state index in [0.29, 0.717) is 0 Å². The maximum Gasteiger partial charge on any atom is 0.414 e. The maximum absolute atomic E-state index is 11.8. The molecule has 14 heavy (non-hydrogen) atoms. The molecule has 0 rings (SSSR count). The number of ether oxygens (including phenoxy) is 1. The van der Waals surface area contributed by atoms with E-state index < -0.39 is 30.7 Å². The highest BCUT2D eigenvalue weighted by molar-refractivity contribution is 5.75. The van der Waals surface area contributed by atoms with Crippen LogP contribution in [-0.4, -0.2) is 36.5 Å². The first-order valence-electron chi connectivity index (χ1n) is 3.87. The Balaban J connectivity index is 3.89. The highest BCUT2D eigenvalue weighted by atomic mass is 19.4. The summed E-state index contributed by atoms with van der Waals surface area (Å²) in [4.78, 5) is 10.7. The van der Waals surface area contributed by atoms with Crippen molar-refractivity contribution in [2.45, 2.75) is 31.2 Å². The average molecular weight is 215 g/mol. The Hall–Kier alpha value is -0.820. The minimum absolute atomic E-state index is 0.270. The molecule has 84 valence electrons. The van der Waals surface area contributed by atoms with Gasteiger partial charge in [-0.25, -0.2) is 0 Å². The zero-order valence-corrected chi connectivity index (χ0v) is 7.54. The molecule has 0 heterocycles. The van der Waals surface area contributed by atoms with Crippen LogP contribution >= 0.6 is 0 Å². The van der Waals surface area contributed by atoms with Gasteiger partial charge < -0.3 is 15.6 Å². The Labute approximate surface area is 78.8 Å². The van der Waals surface area contributed by atoms with E-state index in [1.165, 1.54) is 0 Å². The van der Waals surface area contributed by atoms with Crippen molar-refractivity contribution in [3.8, 4) is 0 Å². The van der Waals surface area contributed by atoms with Crippen LogP contribution in [0.1, 0.15) is 12.8 Å². The minimum atomic E-state index is -4.67. The van der Waals surface area contributed by atoms with E-state index in [9.17, 15) is 18.0 Å². The monoisotopic (exact) mass is 215 g/mol. The third-order valence-corrected chi connectivity index (χ3v) is 1.63. The summed E-state index contributed by atoms with van der Waals surface area (Å²) in [6, 6.07) is -1.13. The van der Waals surface area contributed by atoms with Gasteiger partial charge in [0.05, 0.1) is 7.11 Å². The van der Waals surface area contributed by atoms with Crippen LogP contribution in [0, 0.1) is 0 Å². The Kier molecular flexibility index (Phi) is 4.86. The van der Waals surface area contributed by atoms with E-state index in [1.807, 2.05) is 0 Å². The molecule has 2 atom stereocenters. The van der Waals surface area contributed by atoms with Crippen molar-refractivity contribution in [3.05, 3.63) is 0 Å². The SMILES string of the molecule is COC(=O)C(N)CCC(O)C(F)(F)F. The number of carbonyl (C=O) groups is 1. The second kappa shape index (κ2) is 5.16. The van der Waals surface area contributed by atoms with Crippen molar-refractivity contribution in [3.63, 3.8) is 0 Å². The number of nitrogens with two attached hydrogens (primary N) is 1. The summed E-state index contributed by atoms with van der Waals surface area (Å²) in [6.07, 6.45) is -8.00. The summed E-state index contributed by atoms with van der Waals surface area (Å²) in [7, 11) is 1.09. The average Bonchev–Trinajstić information content (AvgIpc) is 2.10. The Morgan fingerprint density at radius 3 is 2.36 bits per heavy atom. The molecule has 2 unspecified atom stereocenters. The van der Waals surface area contributed by atoms with E-state index in [2.05, 4.69) is 4.74 Å². The molecular formula is C7H12F3NO3. The minimum Gasteiger partial charge on any atom is -0.468 e. The van der Waals surface area contributed by atoms with Gasteiger partial charge >= 0.3 is 12.1 Å². The summed E-state index contributed by atoms with van der Waals surface area (Å²) in [5.41, 5.74) is 5.17. The third kappa shape index (κ3) is 4.43. The molecule has 0 saturated heterocycles. The van der Waals surface area contributed by atoms with E-state index in [0.717, 1.165) is 7.11 Å². The zero-order valence-electron chi connectivity index (χ0n) is 7.54. The molecule has 0 aromatic rings. The van der Waals surface area contributed by atoms with Crippen molar-refractivity contribution in [2.75, 3.05) is 7.11 Å². The summed E-state index contributed by atoms with van der Waals surface area (Å²) in [6.45, 7) is 0. The Morgan fingerprint density at radius 1 is 1.50 bits per heavy atom. The molecule has 0 amide bonds. The fourth-order valence-electron chi connectivity index (χ4n) is 0.770. The number of hydrogen-bond donors (Lipinski definition) is 2. The zero-order chi connectivity index (χ0) is 11.4. The highest BCUT2D eigenvalue weighted by Gasteiger charge is 2.38. The lowest BCUT2D eigenvalue weighted by Gasteiger charge is -2.15. The molecule has 3 N–H and O–H groups in total. The molecule has 0 saturated carbocycles. The molecule has 7 heteroatoms. The molecule has 0 aromatic carbocycles. The van der Waals surface area contributed by atoms with Crippen LogP contribution in [0.2, 0.25) is 0 Å². The summed E-state index contributed by atoms with van der Waals surface area (Å²) in [5, 5.41) is 8.56. The largest absolute Gasteiger partial charge is 0.468 e. The van der Waals surface area contributed by atoms with E-state index in [1.54, 1.807) is 0 Å². The third-order valence-electron chi connectivity index (χ3n) is 1.63. The molecule has 0 aliphatic rings. The first-order valence-corrected chi connectivity index (χ1v) is 3.87. The Bertz CT molecular complexity index is 195. The van der Waals surface area contributed by atoms with Crippen LogP contribution in [-0.2, 0) is 9.53 Å². The van der Waals surface area contributed by atoms with Gasteiger partial charge in [-0.1, -0.05) is 0 Å². The van der Waals surface area contributed by atoms with E-state index in [4.69, 9.17) is 10.8 Å². The van der Waals surface area contributed by atoms with Gasteiger partial charge in [0.2, 0.25) is 0 Å². The normalized spacial score (nSPS) is 16.1. The summed E-state index contributed by atoms with van der Waals surface area (Å²) >= 11 is 0. The Morgan fingerprint density at radius 2 is 2.00 bits per heavy atom. The quantitative estimate of drug-likeness (QED) is 0.656. The fourth-order valence-corrected chi connectivity index (χ4v) is 0.770. The van der Waals surface area contributed by atoms with Gasteiger partial charge in [0.15, 0.2) is 0 Å². The number of esters is 1. The number of methoxy groups -OCH3 is 1. The predicted octanol–water partition coefficient (Wildman–Crippen LogP) is 0.190. The van der Waals surface area contributed by atoms with Gasteiger partial charge in [0.25, 0.3) is 0 Å². The van der Waals surface area contributed by atoms with Crippen LogP contribution < -0.4 is 5.73 Å². The van der Waals surface area contributed by atoms with Crippen LogP contribution in [0.15, 0.2) is 0 Å². The molecular weight excluding hydrogens is 203 g/mol. The van der Waals surface area contributed by atoms with E-state index in [-0.39, 0.29) is 6.42 Å². The van der Waals surface area contributed by atoms with Crippen molar-refractivity contribution < 1.29 is 27.8 Å². The lowest BCUT2D eigenvalue weighted by molar-refractivity contribution is -0.206. The van der Waals surface area contributed by atoms with Crippen molar-refractivity contribution in [1.29, 1.82) is 0 Å².